The van der Waals surface area contributed by atoms with E-state index in [9.17, 15) is 4.79 Å². The number of ketones is 1. The summed E-state index contributed by atoms with van der Waals surface area (Å²) in [5, 5.41) is 0. The minimum Gasteiger partial charge on any atom is -0.496 e. The van der Waals surface area contributed by atoms with Crippen molar-refractivity contribution in [1.82, 2.24) is 0 Å². The number of carbonyl (C=O) groups excluding carboxylic acids is 1. The van der Waals surface area contributed by atoms with Gasteiger partial charge in [-0.3, -0.25) is 4.79 Å². The molecule has 106 valence electrons. The number of carbonyl (C=O) groups is 1. The zero-order valence-corrected chi connectivity index (χ0v) is 12.9. The molecule has 0 aliphatic heterocycles. The molecular formula is C16H25NO2. The van der Waals surface area contributed by atoms with Gasteiger partial charge in [-0.05, 0) is 49.4 Å². The van der Waals surface area contributed by atoms with Crippen LogP contribution in [0.2, 0.25) is 0 Å². The van der Waals surface area contributed by atoms with Crippen molar-refractivity contribution in [3.63, 3.8) is 0 Å². The normalized spacial score (nSPS) is 11.5. The van der Waals surface area contributed by atoms with Gasteiger partial charge in [-0.25, -0.2) is 0 Å². The maximum Gasteiger partial charge on any atom is 0.167 e. The van der Waals surface area contributed by atoms with Crippen molar-refractivity contribution in [2.75, 3.05) is 13.7 Å². The monoisotopic (exact) mass is 263 g/mol. The van der Waals surface area contributed by atoms with Crippen LogP contribution in [-0.2, 0) is 0 Å². The maximum atomic E-state index is 12.5. The van der Waals surface area contributed by atoms with E-state index in [0.717, 1.165) is 16.7 Å². The Kier molecular flexibility index (Phi) is 4.75. The molecule has 0 amide bonds. The van der Waals surface area contributed by atoms with Crippen LogP contribution in [0.4, 0.5) is 0 Å². The lowest BCUT2D eigenvalue weighted by Crippen LogP contribution is -2.27. The third-order valence-electron chi connectivity index (χ3n) is 3.66. The molecule has 0 fully saturated rings. The quantitative estimate of drug-likeness (QED) is 0.830. The van der Waals surface area contributed by atoms with Gasteiger partial charge in [-0.15, -0.1) is 0 Å². The fraction of sp³-hybridized carbons (Fsp3) is 0.562. The van der Waals surface area contributed by atoms with E-state index >= 15 is 0 Å². The van der Waals surface area contributed by atoms with Crippen LogP contribution in [0.25, 0.3) is 0 Å². The molecule has 2 N–H and O–H groups in total. The van der Waals surface area contributed by atoms with Crippen molar-refractivity contribution in [3.8, 4) is 5.75 Å². The first kappa shape index (κ1) is 15.7. The highest BCUT2D eigenvalue weighted by Gasteiger charge is 2.25. The van der Waals surface area contributed by atoms with Crippen LogP contribution in [-0.4, -0.2) is 19.4 Å². The number of methoxy groups -OCH3 is 1. The lowest BCUT2D eigenvalue weighted by atomic mass is 9.84. The summed E-state index contributed by atoms with van der Waals surface area (Å²) in [5.74, 6) is 0.809. The smallest absolute Gasteiger partial charge is 0.167 e. The molecule has 0 aliphatic carbocycles. The molecule has 0 saturated heterocycles. The molecule has 0 heterocycles. The molecule has 3 heteroatoms. The minimum absolute atomic E-state index is 0.105. The molecule has 0 unspecified atom stereocenters. The molecule has 1 aromatic carbocycles. The van der Waals surface area contributed by atoms with E-state index in [4.69, 9.17) is 10.5 Å². The molecule has 1 rings (SSSR count). The average molecular weight is 263 g/mol. The highest BCUT2D eigenvalue weighted by atomic mass is 16.5. The highest BCUT2D eigenvalue weighted by molar-refractivity contribution is 6.01. The van der Waals surface area contributed by atoms with Gasteiger partial charge in [0.05, 0.1) is 12.7 Å². The van der Waals surface area contributed by atoms with Gasteiger partial charge in [0.2, 0.25) is 0 Å². The van der Waals surface area contributed by atoms with Crippen LogP contribution in [0.15, 0.2) is 6.07 Å². The van der Waals surface area contributed by atoms with Gasteiger partial charge in [-0.2, -0.15) is 0 Å². The first-order valence-corrected chi connectivity index (χ1v) is 6.61. The number of hydrogen-bond acceptors (Lipinski definition) is 3. The summed E-state index contributed by atoms with van der Waals surface area (Å²) < 4.78 is 5.45. The van der Waals surface area contributed by atoms with E-state index in [1.165, 1.54) is 0 Å². The summed E-state index contributed by atoms with van der Waals surface area (Å²) in [7, 11) is 1.62. The van der Waals surface area contributed by atoms with E-state index in [1.807, 2.05) is 40.7 Å². The van der Waals surface area contributed by atoms with E-state index in [1.54, 1.807) is 7.11 Å². The van der Waals surface area contributed by atoms with Gasteiger partial charge in [0.1, 0.15) is 5.75 Å². The van der Waals surface area contributed by atoms with Crippen molar-refractivity contribution in [2.24, 2.45) is 11.1 Å². The Morgan fingerprint density at radius 3 is 2.32 bits per heavy atom. The first-order valence-electron chi connectivity index (χ1n) is 6.61. The summed E-state index contributed by atoms with van der Waals surface area (Å²) in [6, 6.07) is 2.04. The second-order valence-electron chi connectivity index (χ2n) is 6.01. The molecule has 0 aromatic heterocycles. The number of Topliss-reactive ketones (excluding diaryl/α,β-unsaturated/α-hetero) is 1. The fourth-order valence-corrected chi connectivity index (χ4v) is 2.25. The summed E-state index contributed by atoms with van der Waals surface area (Å²) in [4.78, 5) is 12.5. The van der Waals surface area contributed by atoms with Crippen molar-refractivity contribution in [1.29, 1.82) is 0 Å². The Balaban J connectivity index is 3.27. The molecular weight excluding hydrogens is 238 g/mol. The van der Waals surface area contributed by atoms with Crippen molar-refractivity contribution in [2.45, 2.75) is 41.0 Å². The maximum absolute atomic E-state index is 12.5. The summed E-state index contributed by atoms with van der Waals surface area (Å²) in [6.45, 7) is 10.5. The number of nitrogens with two attached hydrogens (primary N) is 1. The van der Waals surface area contributed by atoms with Crippen molar-refractivity contribution in [3.05, 3.63) is 28.3 Å². The molecule has 0 atom stereocenters. The van der Waals surface area contributed by atoms with Gasteiger partial charge in [-0.1, -0.05) is 19.9 Å². The van der Waals surface area contributed by atoms with Crippen molar-refractivity contribution >= 4 is 5.78 Å². The standard InChI is InChI=1S/C16H25NO2/c1-10-7-11(2)14(15(19-6)12(10)3)13(18)8-16(4,5)9-17/h7H,8-9,17H2,1-6H3. The molecule has 0 spiro atoms. The number of ether oxygens (including phenoxy) is 1. The van der Waals surface area contributed by atoms with E-state index in [-0.39, 0.29) is 11.2 Å². The predicted molar refractivity (Wildman–Crippen MR) is 79.0 cm³/mol. The van der Waals surface area contributed by atoms with Gasteiger partial charge >= 0.3 is 0 Å². The highest BCUT2D eigenvalue weighted by Crippen LogP contribution is 2.32. The molecule has 0 saturated carbocycles. The fourth-order valence-electron chi connectivity index (χ4n) is 2.25. The Morgan fingerprint density at radius 2 is 1.84 bits per heavy atom. The van der Waals surface area contributed by atoms with Crippen LogP contribution >= 0.6 is 0 Å². The topological polar surface area (TPSA) is 52.3 Å². The van der Waals surface area contributed by atoms with Crippen LogP contribution in [0, 0.1) is 26.2 Å². The first-order chi connectivity index (χ1) is 8.73. The zero-order valence-electron chi connectivity index (χ0n) is 12.9. The second-order valence-corrected chi connectivity index (χ2v) is 6.01. The van der Waals surface area contributed by atoms with Gasteiger partial charge in [0.15, 0.2) is 5.78 Å². The lowest BCUT2D eigenvalue weighted by Gasteiger charge is -2.23. The summed E-state index contributed by atoms with van der Waals surface area (Å²) >= 11 is 0. The van der Waals surface area contributed by atoms with Crippen molar-refractivity contribution < 1.29 is 9.53 Å². The van der Waals surface area contributed by atoms with E-state index in [2.05, 4.69) is 0 Å². The van der Waals surface area contributed by atoms with Crippen LogP contribution < -0.4 is 10.5 Å². The van der Waals surface area contributed by atoms with Gasteiger partial charge in [0.25, 0.3) is 0 Å². The van der Waals surface area contributed by atoms with Crippen LogP contribution in [0.3, 0.4) is 0 Å². The Labute approximate surface area is 116 Å². The lowest BCUT2D eigenvalue weighted by molar-refractivity contribution is 0.0931. The Hall–Kier alpha value is -1.35. The summed E-state index contributed by atoms with van der Waals surface area (Å²) in [6.07, 6.45) is 0.434. The molecule has 0 radical (unpaired) electrons. The van der Waals surface area contributed by atoms with E-state index < -0.39 is 0 Å². The zero-order chi connectivity index (χ0) is 14.8. The number of rotatable bonds is 5. The number of hydrogen-bond donors (Lipinski definition) is 1. The molecule has 3 nitrogen and oxygen atoms in total. The SMILES string of the molecule is COc1c(C)c(C)cc(C)c1C(=O)CC(C)(C)CN. The molecule has 19 heavy (non-hydrogen) atoms. The third-order valence-corrected chi connectivity index (χ3v) is 3.66. The number of aryl methyl sites for hydroxylation is 2. The van der Waals surface area contributed by atoms with Crippen LogP contribution in [0.5, 0.6) is 5.75 Å². The Bertz CT molecular complexity index is 490. The van der Waals surface area contributed by atoms with E-state index in [0.29, 0.717) is 24.3 Å². The largest absolute Gasteiger partial charge is 0.496 e. The second kappa shape index (κ2) is 5.74. The molecule has 0 bridgehead atoms. The molecule has 0 aliphatic rings. The van der Waals surface area contributed by atoms with Gasteiger partial charge < -0.3 is 10.5 Å². The minimum atomic E-state index is -0.187. The number of benzene rings is 1. The predicted octanol–water partition coefficient (Wildman–Crippen LogP) is 3.18. The van der Waals surface area contributed by atoms with Crippen LogP contribution in [0.1, 0.15) is 47.3 Å². The summed E-state index contributed by atoms with van der Waals surface area (Å²) in [5.41, 5.74) is 9.37. The molecule has 1 aromatic rings. The average Bonchev–Trinajstić information content (AvgIpc) is 2.32. The van der Waals surface area contributed by atoms with Gasteiger partial charge in [0, 0.05) is 6.42 Å². The third kappa shape index (κ3) is 3.35. The Morgan fingerprint density at radius 1 is 1.26 bits per heavy atom.